The summed E-state index contributed by atoms with van der Waals surface area (Å²) in [6.07, 6.45) is 1.32. The first kappa shape index (κ1) is 12.4. The van der Waals surface area contributed by atoms with Gasteiger partial charge in [-0.25, -0.2) is 4.39 Å². The molecule has 6 heteroatoms. The molecule has 0 heterocycles. The molecule has 0 bridgehead atoms. The smallest absolute Gasteiger partial charge is 0.237 e. The highest BCUT2D eigenvalue weighted by Crippen LogP contribution is 2.46. The first-order valence-corrected chi connectivity index (χ1v) is 6.22. The molecule has 1 saturated carbocycles. The summed E-state index contributed by atoms with van der Waals surface area (Å²) in [6, 6.07) is 4.39. The molecule has 1 aliphatic rings. The van der Waals surface area contributed by atoms with Crippen molar-refractivity contribution in [3.63, 3.8) is 0 Å². The molecule has 0 radical (unpaired) electrons. The Labute approximate surface area is 112 Å². The summed E-state index contributed by atoms with van der Waals surface area (Å²) in [6.45, 7) is 0. The topological polar surface area (TPSA) is 55.1 Å². The molecule has 0 aliphatic heterocycles. The van der Waals surface area contributed by atoms with Crippen LogP contribution in [0.25, 0.3) is 0 Å². The fourth-order valence-electron chi connectivity index (χ4n) is 1.53. The van der Waals surface area contributed by atoms with Crippen LogP contribution in [0.2, 0.25) is 0 Å². The average molecular weight is 317 g/mol. The molecule has 0 aromatic heterocycles. The molecule has 3 nitrogen and oxygen atoms in total. The molecule has 0 saturated heterocycles. The van der Waals surface area contributed by atoms with Crippen LogP contribution in [0.3, 0.4) is 0 Å². The first-order chi connectivity index (χ1) is 7.95. The Balaban J connectivity index is 2.14. The van der Waals surface area contributed by atoms with Gasteiger partial charge in [-0.05, 0) is 47.0 Å². The van der Waals surface area contributed by atoms with Crippen LogP contribution in [-0.4, -0.2) is 10.9 Å². The van der Waals surface area contributed by atoms with Crippen LogP contribution in [0.4, 0.5) is 10.1 Å². The van der Waals surface area contributed by atoms with Crippen molar-refractivity contribution in [3.05, 3.63) is 28.5 Å². The number of carbonyl (C=O) groups excluding carboxylic acids is 1. The molecule has 1 aromatic carbocycles. The number of halogens is 2. The summed E-state index contributed by atoms with van der Waals surface area (Å²) in [7, 11) is 0. The third-order valence-corrected chi connectivity index (χ3v) is 3.87. The summed E-state index contributed by atoms with van der Waals surface area (Å²) in [5.41, 5.74) is 5.21. The lowest BCUT2D eigenvalue weighted by molar-refractivity contribution is -0.118. The SMILES string of the molecule is NC(=S)C1(C(=O)Nc2ccc(Br)c(F)c2)CC1. The van der Waals surface area contributed by atoms with Gasteiger partial charge in [0.05, 0.1) is 14.9 Å². The van der Waals surface area contributed by atoms with Crippen molar-refractivity contribution in [2.75, 3.05) is 5.32 Å². The molecule has 17 heavy (non-hydrogen) atoms. The van der Waals surface area contributed by atoms with Gasteiger partial charge >= 0.3 is 0 Å². The van der Waals surface area contributed by atoms with Gasteiger partial charge in [-0.1, -0.05) is 12.2 Å². The van der Waals surface area contributed by atoms with E-state index >= 15 is 0 Å². The molecule has 2 rings (SSSR count). The van der Waals surface area contributed by atoms with Crippen molar-refractivity contribution < 1.29 is 9.18 Å². The summed E-state index contributed by atoms with van der Waals surface area (Å²) in [5, 5.41) is 2.63. The Bertz CT molecular complexity index is 502. The van der Waals surface area contributed by atoms with Crippen molar-refractivity contribution in [3.8, 4) is 0 Å². The fraction of sp³-hybridized carbons (Fsp3) is 0.273. The molecule has 0 unspecified atom stereocenters. The predicted molar refractivity (Wildman–Crippen MR) is 71.2 cm³/mol. The predicted octanol–water partition coefficient (Wildman–Crippen LogP) is 2.59. The van der Waals surface area contributed by atoms with E-state index in [9.17, 15) is 9.18 Å². The largest absolute Gasteiger partial charge is 0.392 e. The zero-order valence-corrected chi connectivity index (χ0v) is 11.2. The highest BCUT2D eigenvalue weighted by atomic mass is 79.9. The van der Waals surface area contributed by atoms with Gasteiger partial charge in [-0.15, -0.1) is 0 Å². The third kappa shape index (κ3) is 2.32. The maximum Gasteiger partial charge on any atom is 0.237 e. The van der Waals surface area contributed by atoms with Gasteiger partial charge in [0.1, 0.15) is 5.82 Å². The minimum Gasteiger partial charge on any atom is -0.392 e. The average Bonchev–Trinajstić information content (AvgIpc) is 3.04. The van der Waals surface area contributed by atoms with Gasteiger partial charge in [-0.3, -0.25) is 4.79 Å². The second-order valence-corrected chi connectivity index (χ2v) is 5.32. The molecule has 3 N–H and O–H groups in total. The lowest BCUT2D eigenvalue weighted by atomic mass is 10.1. The van der Waals surface area contributed by atoms with Gasteiger partial charge in [-0.2, -0.15) is 0 Å². The van der Waals surface area contributed by atoms with Crippen LogP contribution in [0.5, 0.6) is 0 Å². The molecule has 1 fully saturated rings. The second kappa shape index (κ2) is 4.34. The maximum absolute atomic E-state index is 13.3. The van der Waals surface area contributed by atoms with E-state index in [0.717, 1.165) is 0 Å². The molecule has 0 atom stereocenters. The number of carbonyl (C=O) groups is 1. The van der Waals surface area contributed by atoms with Gasteiger partial charge < -0.3 is 11.1 Å². The van der Waals surface area contributed by atoms with E-state index in [4.69, 9.17) is 18.0 Å². The van der Waals surface area contributed by atoms with Crippen LogP contribution in [-0.2, 0) is 4.79 Å². The number of amides is 1. The Morgan fingerprint density at radius 2 is 2.18 bits per heavy atom. The fourth-order valence-corrected chi connectivity index (χ4v) is 2.08. The lowest BCUT2D eigenvalue weighted by Crippen LogP contribution is -2.35. The summed E-state index contributed by atoms with van der Waals surface area (Å²) in [4.78, 5) is 12.1. The van der Waals surface area contributed by atoms with E-state index < -0.39 is 11.2 Å². The van der Waals surface area contributed by atoms with Crippen molar-refractivity contribution >= 4 is 44.7 Å². The highest BCUT2D eigenvalue weighted by molar-refractivity contribution is 9.10. The molecule has 0 spiro atoms. The third-order valence-electron chi connectivity index (χ3n) is 2.83. The van der Waals surface area contributed by atoms with Crippen LogP contribution in [0.15, 0.2) is 22.7 Å². The minimum absolute atomic E-state index is 0.201. The summed E-state index contributed by atoms with van der Waals surface area (Å²) in [5.74, 6) is -0.685. The van der Waals surface area contributed by atoms with Gasteiger partial charge in [0, 0.05) is 5.69 Å². The number of anilines is 1. The normalized spacial score (nSPS) is 16.4. The molecule has 90 valence electrons. The standard InChI is InChI=1S/C11H10BrFN2OS/c12-7-2-1-6(5-8(7)13)15-10(16)11(3-4-11)9(14)17/h1-2,5H,3-4H2,(H2,14,17)(H,15,16). The van der Waals surface area contributed by atoms with Crippen LogP contribution < -0.4 is 11.1 Å². The Kier molecular flexibility index (Phi) is 3.18. The van der Waals surface area contributed by atoms with E-state index in [0.29, 0.717) is 23.0 Å². The number of rotatable bonds is 3. The Morgan fingerprint density at radius 3 is 2.65 bits per heavy atom. The molecule has 1 aliphatic carbocycles. The van der Waals surface area contributed by atoms with E-state index in [-0.39, 0.29) is 10.9 Å². The molecular weight excluding hydrogens is 307 g/mol. The van der Waals surface area contributed by atoms with Crippen LogP contribution in [0.1, 0.15) is 12.8 Å². The maximum atomic E-state index is 13.3. The van der Waals surface area contributed by atoms with E-state index in [1.165, 1.54) is 12.1 Å². The Hall–Kier alpha value is -1.01. The van der Waals surface area contributed by atoms with Crippen molar-refractivity contribution in [1.29, 1.82) is 0 Å². The van der Waals surface area contributed by atoms with Gasteiger partial charge in [0.15, 0.2) is 0 Å². The van der Waals surface area contributed by atoms with Crippen molar-refractivity contribution in [2.45, 2.75) is 12.8 Å². The van der Waals surface area contributed by atoms with E-state index in [1.807, 2.05) is 0 Å². The monoisotopic (exact) mass is 316 g/mol. The number of nitrogens with one attached hydrogen (secondary N) is 1. The summed E-state index contributed by atoms with van der Waals surface area (Å²) < 4.78 is 13.6. The van der Waals surface area contributed by atoms with Gasteiger partial charge in [0.2, 0.25) is 5.91 Å². The zero-order valence-electron chi connectivity index (χ0n) is 8.80. The van der Waals surface area contributed by atoms with Crippen molar-refractivity contribution in [2.24, 2.45) is 11.1 Å². The summed E-state index contributed by atoms with van der Waals surface area (Å²) >= 11 is 7.91. The van der Waals surface area contributed by atoms with Crippen molar-refractivity contribution in [1.82, 2.24) is 0 Å². The Morgan fingerprint density at radius 1 is 1.53 bits per heavy atom. The lowest BCUT2D eigenvalue weighted by Gasteiger charge is -2.13. The minimum atomic E-state index is -0.723. The second-order valence-electron chi connectivity index (χ2n) is 4.03. The molecular formula is C11H10BrFN2OS. The van der Waals surface area contributed by atoms with Crippen LogP contribution >= 0.6 is 28.1 Å². The highest BCUT2D eigenvalue weighted by Gasteiger charge is 2.52. The van der Waals surface area contributed by atoms with E-state index in [2.05, 4.69) is 21.2 Å². The number of nitrogens with two attached hydrogens (primary N) is 1. The number of hydrogen-bond donors (Lipinski definition) is 2. The first-order valence-electron chi connectivity index (χ1n) is 5.02. The quantitative estimate of drug-likeness (QED) is 0.843. The molecule has 1 aromatic rings. The number of thiocarbonyl (C=S) groups is 1. The van der Waals surface area contributed by atoms with Gasteiger partial charge in [0.25, 0.3) is 0 Å². The zero-order chi connectivity index (χ0) is 12.6. The van der Waals surface area contributed by atoms with E-state index in [1.54, 1.807) is 6.07 Å². The van der Waals surface area contributed by atoms with Crippen LogP contribution in [0, 0.1) is 11.2 Å². The number of benzene rings is 1. The number of hydrogen-bond acceptors (Lipinski definition) is 2. The molecule has 1 amide bonds.